The lowest BCUT2D eigenvalue weighted by atomic mass is 9.92. The zero-order valence-electron chi connectivity index (χ0n) is 32.2. The molecule has 1 aliphatic carbocycles. The van der Waals surface area contributed by atoms with Crippen molar-refractivity contribution < 1.29 is 38.2 Å². The number of carbonyl (C=O) groups excluding carboxylic acids is 4. The van der Waals surface area contributed by atoms with Gasteiger partial charge in [-0.2, -0.15) is 0 Å². The molecule has 12 nitrogen and oxygen atoms in total. The van der Waals surface area contributed by atoms with Crippen molar-refractivity contribution in [3.05, 3.63) is 51.7 Å². The van der Waals surface area contributed by atoms with Gasteiger partial charge in [0, 0.05) is 43.3 Å². The second kappa shape index (κ2) is 17.9. The fourth-order valence-corrected chi connectivity index (χ4v) is 8.37. The van der Waals surface area contributed by atoms with Crippen molar-refractivity contribution in [2.45, 2.75) is 122 Å². The van der Waals surface area contributed by atoms with Gasteiger partial charge in [-0.3, -0.25) is 28.9 Å². The van der Waals surface area contributed by atoms with Crippen LogP contribution in [0.1, 0.15) is 120 Å². The van der Waals surface area contributed by atoms with Crippen LogP contribution in [0.4, 0.5) is 4.39 Å². The Labute approximate surface area is 316 Å². The molecule has 8 atom stereocenters. The van der Waals surface area contributed by atoms with Crippen LogP contribution in [0.2, 0.25) is 0 Å². The maximum Gasteiger partial charge on any atom is 0.306 e. The molecule has 292 valence electrons. The number of nitrogens with one attached hydrogen (secondary N) is 2. The molecule has 1 aromatic carbocycles. The largest absolute Gasteiger partial charge is 0.481 e. The number of hydrogen-bond acceptors (Lipinski definition) is 9. The highest BCUT2D eigenvalue weighted by atomic mass is 32.1. The van der Waals surface area contributed by atoms with Gasteiger partial charge in [0.15, 0.2) is 6.10 Å². The van der Waals surface area contributed by atoms with Crippen LogP contribution in [0, 0.1) is 23.6 Å². The van der Waals surface area contributed by atoms with Crippen molar-refractivity contribution in [2.24, 2.45) is 17.8 Å². The maximum absolute atomic E-state index is 14.2. The van der Waals surface area contributed by atoms with Crippen molar-refractivity contribution >= 4 is 41.0 Å². The third kappa shape index (κ3) is 10.4. The normalized spacial score (nSPS) is 22.9. The monoisotopic (exact) mass is 757 g/mol. The molecule has 0 bridgehead atoms. The number of thiazole rings is 1. The summed E-state index contributed by atoms with van der Waals surface area (Å²) in [5, 5.41) is 17.7. The molecule has 2 aliphatic rings. The molecular weight excluding hydrogens is 702 g/mol. The Hall–Kier alpha value is -3.91. The smallest absolute Gasteiger partial charge is 0.306 e. The molecule has 2 aromatic rings. The summed E-state index contributed by atoms with van der Waals surface area (Å²) in [4.78, 5) is 73.7. The molecule has 2 heterocycles. The number of aromatic nitrogens is 1. The van der Waals surface area contributed by atoms with E-state index in [9.17, 15) is 33.5 Å². The fraction of sp³-hybridized carbons (Fsp3) is 0.641. The highest BCUT2D eigenvalue weighted by molar-refractivity contribution is 7.09. The van der Waals surface area contributed by atoms with Crippen LogP contribution in [0.25, 0.3) is 0 Å². The zero-order valence-corrected chi connectivity index (χ0v) is 33.0. The van der Waals surface area contributed by atoms with Gasteiger partial charge >= 0.3 is 11.9 Å². The van der Waals surface area contributed by atoms with Crippen molar-refractivity contribution in [1.82, 2.24) is 25.4 Å². The quantitative estimate of drug-likeness (QED) is 0.176. The van der Waals surface area contributed by atoms with E-state index in [4.69, 9.17) is 4.74 Å². The number of carboxylic acid groups (broad SMARTS) is 1. The van der Waals surface area contributed by atoms with Crippen molar-refractivity contribution in [3.8, 4) is 0 Å². The predicted octanol–water partition coefficient (Wildman–Crippen LogP) is 5.54. The fourth-order valence-electron chi connectivity index (χ4n) is 7.53. The Kier molecular flexibility index (Phi) is 14.2. The first kappa shape index (κ1) is 41.8. The molecule has 1 saturated heterocycles. The number of amides is 3. The van der Waals surface area contributed by atoms with E-state index in [2.05, 4.69) is 15.6 Å². The molecule has 0 radical (unpaired) electrons. The third-order valence-electron chi connectivity index (χ3n) is 11.1. The number of hydrogen-bond donors (Lipinski definition) is 3. The number of esters is 1. The van der Waals surface area contributed by atoms with Crippen molar-refractivity contribution in [3.63, 3.8) is 0 Å². The third-order valence-corrected chi connectivity index (χ3v) is 12.0. The van der Waals surface area contributed by atoms with Crippen molar-refractivity contribution in [1.29, 1.82) is 0 Å². The van der Waals surface area contributed by atoms with E-state index < -0.39 is 47.5 Å². The first-order valence-corrected chi connectivity index (χ1v) is 19.6. The number of carboxylic acids is 1. The lowest BCUT2D eigenvalue weighted by Gasteiger charge is -2.38. The molecule has 3 N–H and O–H groups in total. The summed E-state index contributed by atoms with van der Waals surface area (Å²) in [5.74, 6) is -3.94. The number of rotatable bonds is 17. The molecule has 1 saturated carbocycles. The van der Waals surface area contributed by atoms with Crippen LogP contribution in [-0.2, 0) is 23.9 Å². The molecule has 0 spiro atoms. The number of aliphatic carboxylic acids is 1. The number of benzene rings is 1. The van der Waals surface area contributed by atoms with E-state index in [1.165, 1.54) is 19.1 Å². The van der Waals surface area contributed by atoms with E-state index >= 15 is 0 Å². The summed E-state index contributed by atoms with van der Waals surface area (Å²) < 4.78 is 19.4. The van der Waals surface area contributed by atoms with Gasteiger partial charge in [-0.15, -0.1) is 11.3 Å². The summed E-state index contributed by atoms with van der Waals surface area (Å²) in [6.07, 6.45) is 3.40. The number of halogens is 1. The molecule has 1 aliphatic heterocycles. The van der Waals surface area contributed by atoms with E-state index in [-0.39, 0.29) is 60.0 Å². The first-order valence-electron chi connectivity index (χ1n) is 18.7. The van der Waals surface area contributed by atoms with Gasteiger partial charge in [0.1, 0.15) is 22.6 Å². The van der Waals surface area contributed by atoms with Gasteiger partial charge in [0.2, 0.25) is 11.8 Å². The number of ether oxygens (including phenoxy) is 1. The second-order valence-corrected chi connectivity index (χ2v) is 16.3. The topological polar surface area (TPSA) is 158 Å². The van der Waals surface area contributed by atoms with Gasteiger partial charge in [-0.1, -0.05) is 59.6 Å². The lowest BCUT2D eigenvalue weighted by molar-refractivity contribution is -0.149. The van der Waals surface area contributed by atoms with Gasteiger partial charge < -0.3 is 25.4 Å². The Morgan fingerprint density at radius 1 is 1.13 bits per heavy atom. The van der Waals surface area contributed by atoms with E-state index in [1.807, 2.05) is 39.6 Å². The Bertz CT molecular complexity index is 1620. The van der Waals surface area contributed by atoms with E-state index in [0.717, 1.165) is 42.7 Å². The minimum absolute atomic E-state index is 0.0724. The summed E-state index contributed by atoms with van der Waals surface area (Å²) in [6, 6.07) is 4.52. The zero-order chi connectivity index (χ0) is 39.2. The molecule has 2 fully saturated rings. The maximum atomic E-state index is 14.2. The SMILES string of the molecule is CCC(C)[C@H](NC(=O)C1CCCCN1C)C(=O)N(C)C(C[C@@H](OC(C)=O)c1nc(C(=O)N[C@@]2(C[C@H](C)C(=O)O)CC2c2ccc(F)cc2)cs1)C(C)C. The molecule has 4 unspecified atom stereocenters. The van der Waals surface area contributed by atoms with Crippen LogP contribution < -0.4 is 10.6 Å². The number of piperidine rings is 1. The van der Waals surface area contributed by atoms with E-state index in [1.54, 1.807) is 36.4 Å². The highest BCUT2D eigenvalue weighted by Crippen LogP contribution is 2.55. The Morgan fingerprint density at radius 2 is 1.81 bits per heavy atom. The van der Waals surface area contributed by atoms with Crippen LogP contribution in [-0.4, -0.2) is 93.9 Å². The standard InChI is InChI=1S/C39H56FN5O7S/c1-9-23(4)33(42-35(48)30-12-10-11-17-44(30)7)37(49)45(8)31(22(2)3)18-32(52-25(6)46)36-41-29(21-53-36)34(47)43-39(19-24(5)38(50)51)20-28(39)26-13-15-27(40)16-14-26/h13-16,21-24,28,30-33H,9-12,17-20H2,1-8H3,(H,42,48)(H,43,47)(H,50,51)/t23?,24-,28?,30?,31?,32+,33-,39-/m0/s1. The first-order chi connectivity index (χ1) is 25.0. The van der Waals surface area contributed by atoms with Crippen LogP contribution in [0.3, 0.4) is 0 Å². The molecule has 53 heavy (non-hydrogen) atoms. The van der Waals surface area contributed by atoms with Gasteiger partial charge in [0.25, 0.3) is 5.91 Å². The van der Waals surface area contributed by atoms with Gasteiger partial charge in [-0.05, 0) is 68.8 Å². The predicted molar refractivity (Wildman–Crippen MR) is 200 cm³/mol. The molecule has 1 aromatic heterocycles. The summed E-state index contributed by atoms with van der Waals surface area (Å²) in [5.41, 5.74) is 0.0334. The molecule has 3 amide bonds. The number of likely N-dealkylation sites (N-methyl/N-ethyl adjacent to an activating group) is 2. The number of carbonyl (C=O) groups is 5. The number of nitrogens with zero attached hydrogens (tertiary/aromatic N) is 3. The van der Waals surface area contributed by atoms with E-state index in [0.29, 0.717) is 17.8 Å². The van der Waals surface area contributed by atoms with Crippen LogP contribution >= 0.6 is 11.3 Å². The lowest BCUT2D eigenvalue weighted by Crippen LogP contribution is -2.58. The molecule has 14 heteroatoms. The highest BCUT2D eigenvalue weighted by Gasteiger charge is 2.57. The summed E-state index contributed by atoms with van der Waals surface area (Å²) >= 11 is 1.15. The average molecular weight is 758 g/mol. The minimum Gasteiger partial charge on any atom is -0.481 e. The summed E-state index contributed by atoms with van der Waals surface area (Å²) in [6.45, 7) is 11.6. The van der Waals surface area contributed by atoms with Crippen LogP contribution in [0.5, 0.6) is 0 Å². The molecular formula is C39H56FN5O7S. The average Bonchev–Trinajstić information content (AvgIpc) is 3.55. The number of likely N-dealkylation sites (tertiary alicyclic amines) is 1. The van der Waals surface area contributed by atoms with Gasteiger partial charge in [-0.25, -0.2) is 9.37 Å². The minimum atomic E-state index is -0.985. The van der Waals surface area contributed by atoms with Crippen molar-refractivity contribution in [2.75, 3.05) is 20.6 Å². The second-order valence-electron chi connectivity index (χ2n) is 15.4. The molecule has 4 rings (SSSR count). The Balaban J connectivity index is 1.53. The van der Waals surface area contributed by atoms with Gasteiger partial charge in [0.05, 0.1) is 12.0 Å². The van der Waals surface area contributed by atoms with Crippen LogP contribution in [0.15, 0.2) is 29.6 Å². The summed E-state index contributed by atoms with van der Waals surface area (Å²) in [7, 11) is 3.64. The Morgan fingerprint density at radius 3 is 2.40 bits per heavy atom.